The molecule has 0 aromatic heterocycles. The Morgan fingerprint density at radius 2 is 1.54 bits per heavy atom. The van der Waals surface area contributed by atoms with Gasteiger partial charge in [0, 0.05) is 0 Å². The highest BCUT2D eigenvalue weighted by Gasteiger charge is 2.14. The van der Waals surface area contributed by atoms with Gasteiger partial charge in [-0.3, -0.25) is 0 Å². The van der Waals surface area contributed by atoms with Gasteiger partial charge in [0.2, 0.25) is 0 Å². The fraction of sp³-hybridized carbons (Fsp3) is 0.500. The van der Waals surface area contributed by atoms with Gasteiger partial charge in [-0.15, -0.1) is 0 Å². The Bertz CT molecular complexity index is 257. The summed E-state index contributed by atoms with van der Waals surface area (Å²) < 4.78 is 0. The second kappa shape index (κ2) is 4.19. The van der Waals surface area contributed by atoms with E-state index in [1.807, 2.05) is 0 Å². The molecular weight excluding hydrogens is 176 g/mol. The third-order valence-electron chi connectivity index (χ3n) is 2.99. The van der Waals surface area contributed by atoms with Crippen LogP contribution in [0.4, 0.5) is 0 Å². The monoisotopic (exact) mass is 193 g/mol. The zero-order chi connectivity index (χ0) is 9.10. The molecule has 13 heavy (non-hydrogen) atoms. The second-order valence-electron chi connectivity index (χ2n) is 3.96. The summed E-state index contributed by atoms with van der Waals surface area (Å²) in [5.74, 6) is 0.834. The first kappa shape index (κ1) is 9.14. The van der Waals surface area contributed by atoms with Crippen LogP contribution in [0.1, 0.15) is 43.6 Å². The van der Waals surface area contributed by atoms with Crippen molar-refractivity contribution >= 4 is 12.6 Å². The SMILES string of the molecule is [SH2+]c1ccc(C2CCCCC2)cc1. The minimum Gasteiger partial charge on any atom is -0.0538 e. The lowest BCUT2D eigenvalue weighted by Crippen LogP contribution is -2.03. The van der Waals surface area contributed by atoms with Gasteiger partial charge in [-0.2, -0.15) is 0 Å². The molecule has 0 amide bonds. The zero-order valence-corrected chi connectivity index (χ0v) is 8.92. The molecule has 1 aromatic carbocycles. The Balaban J connectivity index is 2.10. The molecule has 0 radical (unpaired) electrons. The quantitative estimate of drug-likeness (QED) is 0.601. The van der Waals surface area contributed by atoms with Crippen molar-refractivity contribution in [3.8, 4) is 0 Å². The summed E-state index contributed by atoms with van der Waals surface area (Å²) in [5.41, 5.74) is 1.53. The predicted octanol–water partition coefficient (Wildman–Crippen LogP) is 3.10. The van der Waals surface area contributed by atoms with Crippen molar-refractivity contribution in [2.24, 2.45) is 0 Å². The lowest BCUT2D eigenvalue weighted by Gasteiger charge is -2.21. The van der Waals surface area contributed by atoms with Gasteiger partial charge >= 0.3 is 0 Å². The van der Waals surface area contributed by atoms with Crippen LogP contribution in [0, 0.1) is 0 Å². The number of benzene rings is 1. The Labute approximate surface area is 85.8 Å². The van der Waals surface area contributed by atoms with Gasteiger partial charge in [0.1, 0.15) is 4.90 Å². The summed E-state index contributed by atoms with van der Waals surface area (Å²) >= 11 is 3.52. The van der Waals surface area contributed by atoms with Gasteiger partial charge in [-0.25, -0.2) is 0 Å². The third-order valence-corrected chi connectivity index (χ3v) is 3.32. The topological polar surface area (TPSA) is 0 Å². The van der Waals surface area contributed by atoms with Crippen molar-refractivity contribution in [3.63, 3.8) is 0 Å². The highest BCUT2D eigenvalue weighted by molar-refractivity contribution is 7.58. The van der Waals surface area contributed by atoms with E-state index in [2.05, 4.69) is 36.9 Å². The molecule has 1 fully saturated rings. The fourth-order valence-corrected chi connectivity index (χ4v) is 2.36. The van der Waals surface area contributed by atoms with E-state index in [9.17, 15) is 0 Å². The lowest BCUT2D eigenvalue weighted by atomic mass is 9.84. The molecule has 0 aliphatic heterocycles. The van der Waals surface area contributed by atoms with Gasteiger partial charge in [0.15, 0.2) is 0 Å². The molecule has 1 aliphatic rings. The van der Waals surface area contributed by atoms with Gasteiger partial charge < -0.3 is 0 Å². The average Bonchev–Trinajstić information content (AvgIpc) is 2.20. The van der Waals surface area contributed by atoms with E-state index in [-0.39, 0.29) is 0 Å². The molecule has 70 valence electrons. The van der Waals surface area contributed by atoms with Crippen LogP contribution in [0.2, 0.25) is 0 Å². The molecule has 1 saturated carbocycles. The summed E-state index contributed by atoms with van der Waals surface area (Å²) in [6.07, 6.45) is 7.05. The van der Waals surface area contributed by atoms with E-state index in [1.54, 1.807) is 0 Å². The molecule has 0 nitrogen and oxygen atoms in total. The minimum absolute atomic E-state index is 0.834. The number of rotatable bonds is 1. The Hall–Kier alpha value is -0.430. The molecule has 0 unspecified atom stereocenters. The molecule has 0 N–H and O–H groups in total. The second-order valence-corrected chi connectivity index (χ2v) is 4.53. The van der Waals surface area contributed by atoms with E-state index in [4.69, 9.17) is 0 Å². The van der Waals surface area contributed by atoms with E-state index in [1.165, 1.54) is 42.6 Å². The van der Waals surface area contributed by atoms with Crippen molar-refractivity contribution in [2.45, 2.75) is 42.9 Å². The molecule has 1 heteroatoms. The fourth-order valence-electron chi connectivity index (χ4n) is 2.19. The van der Waals surface area contributed by atoms with Crippen LogP contribution in [0.15, 0.2) is 29.2 Å². The normalized spacial score (nSPS) is 18.8. The molecule has 0 saturated heterocycles. The highest BCUT2D eigenvalue weighted by atomic mass is 32.1. The smallest absolute Gasteiger partial charge is 0.0538 e. The maximum atomic E-state index is 3.52. The van der Waals surface area contributed by atoms with E-state index < -0.39 is 0 Å². The van der Waals surface area contributed by atoms with Gasteiger partial charge in [-0.05, 0) is 49.1 Å². The maximum absolute atomic E-state index is 3.52. The molecule has 0 atom stereocenters. The van der Waals surface area contributed by atoms with Crippen LogP contribution >= 0.6 is 0 Å². The minimum atomic E-state index is 0.834. The van der Waals surface area contributed by atoms with E-state index >= 15 is 0 Å². The predicted molar refractivity (Wildman–Crippen MR) is 60.7 cm³/mol. The van der Waals surface area contributed by atoms with Crippen LogP contribution < -0.4 is 0 Å². The van der Waals surface area contributed by atoms with Crippen LogP contribution in [0.25, 0.3) is 0 Å². The first-order chi connectivity index (χ1) is 6.36. The van der Waals surface area contributed by atoms with Crippen LogP contribution in [0.3, 0.4) is 0 Å². The van der Waals surface area contributed by atoms with Crippen molar-refractivity contribution in [3.05, 3.63) is 29.8 Å². The summed E-state index contributed by atoms with van der Waals surface area (Å²) in [7, 11) is 0. The summed E-state index contributed by atoms with van der Waals surface area (Å²) in [4.78, 5) is 1.18. The van der Waals surface area contributed by atoms with E-state index in [0.717, 1.165) is 5.92 Å². The number of hydrogen-bond acceptors (Lipinski definition) is 0. The summed E-state index contributed by atoms with van der Waals surface area (Å²) in [5, 5.41) is 0. The Morgan fingerprint density at radius 3 is 2.15 bits per heavy atom. The zero-order valence-electron chi connectivity index (χ0n) is 7.92. The Kier molecular flexibility index (Phi) is 2.94. The molecule has 1 aromatic rings. The standard InChI is InChI=1S/C12H16S/c13-12-8-6-11(7-9-12)10-4-2-1-3-5-10/h6-10,13H,1-5H2/p+1. The molecular formula is C12H17S+. The third kappa shape index (κ3) is 2.28. The average molecular weight is 193 g/mol. The number of hydrogen-bond donors (Lipinski definition) is 0. The molecule has 0 heterocycles. The van der Waals surface area contributed by atoms with Crippen LogP contribution in [0.5, 0.6) is 0 Å². The first-order valence-corrected chi connectivity index (χ1v) is 5.68. The van der Waals surface area contributed by atoms with Crippen LogP contribution in [-0.4, -0.2) is 0 Å². The largest absolute Gasteiger partial charge is 0.150 e. The van der Waals surface area contributed by atoms with Crippen molar-refractivity contribution in [1.29, 1.82) is 0 Å². The summed E-state index contributed by atoms with van der Waals surface area (Å²) in [6, 6.07) is 8.83. The van der Waals surface area contributed by atoms with Gasteiger partial charge in [0.05, 0.1) is 0 Å². The molecule has 0 spiro atoms. The first-order valence-electron chi connectivity index (χ1n) is 5.18. The van der Waals surface area contributed by atoms with Crippen LogP contribution in [-0.2, 0) is 12.6 Å². The van der Waals surface area contributed by atoms with Gasteiger partial charge in [-0.1, -0.05) is 31.4 Å². The van der Waals surface area contributed by atoms with Crippen molar-refractivity contribution in [1.82, 2.24) is 0 Å². The molecule has 2 rings (SSSR count). The van der Waals surface area contributed by atoms with Gasteiger partial charge in [0.25, 0.3) is 0 Å². The highest BCUT2D eigenvalue weighted by Crippen LogP contribution is 2.32. The molecule has 0 bridgehead atoms. The van der Waals surface area contributed by atoms with E-state index in [0.29, 0.717) is 0 Å². The maximum Gasteiger partial charge on any atom is 0.150 e. The van der Waals surface area contributed by atoms with Crippen molar-refractivity contribution < 1.29 is 0 Å². The van der Waals surface area contributed by atoms with Crippen molar-refractivity contribution in [2.75, 3.05) is 0 Å². The molecule has 1 aliphatic carbocycles. The Morgan fingerprint density at radius 1 is 0.923 bits per heavy atom. The lowest BCUT2D eigenvalue weighted by molar-refractivity contribution is 0.443. The summed E-state index contributed by atoms with van der Waals surface area (Å²) in [6.45, 7) is 0.